The quantitative estimate of drug-likeness (QED) is 0.0478. The number of aliphatic carboxylic acids is 1. The molecule has 1 atom stereocenters. The number of hydrogen-bond donors (Lipinski definition) is 2. The van der Waals surface area contributed by atoms with Crippen molar-refractivity contribution in [1.29, 1.82) is 0 Å². The molecule has 0 saturated heterocycles. The molecule has 0 fully saturated rings. The molecular weight excluding hydrogens is 933 g/mol. The number of hydrogen-bond acceptors (Lipinski definition) is 9. The SMILES string of the molecule is O=C(O)/C=C/c1ccc(OCCCCCCCCCCOCCCCCCCCCCOCCCCCCCCCCOCCCCCCCCCCOCCCCCCCCCCOS(=O)(O)=S)cc1. The lowest BCUT2D eigenvalue weighted by Gasteiger charge is -2.07. The maximum absolute atomic E-state index is 10.9. The summed E-state index contributed by atoms with van der Waals surface area (Å²) in [5, 5.41) is 8.72. The highest BCUT2D eigenvalue weighted by Crippen LogP contribution is 2.17. The summed E-state index contributed by atoms with van der Waals surface area (Å²) >= 11 is 4.31. The summed E-state index contributed by atoms with van der Waals surface area (Å²) in [6, 6.07) is 7.54. The summed E-state index contributed by atoms with van der Waals surface area (Å²) in [7, 11) is -3.45. The van der Waals surface area contributed by atoms with Crippen molar-refractivity contribution in [3.05, 3.63) is 35.9 Å². The van der Waals surface area contributed by atoms with Crippen LogP contribution in [0.5, 0.6) is 5.75 Å². The Bertz CT molecular complexity index is 1380. The normalized spacial score (nSPS) is 12.6. The van der Waals surface area contributed by atoms with Crippen LogP contribution in [0.25, 0.3) is 6.08 Å². The zero-order chi connectivity index (χ0) is 51.1. The Hall–Kier alpha value is -1.64. The van der Waals surface area contributed by atoms with Gasteiger partial charge in [-0.15, -0.1) is 0 Å². The molecule has 0 aliphatic heterocycles. The second-order valence-electron chi connectivity index (χ2n) is 19.9. The average molecular weight is 1040 g/mol. The Labute approximate surface area is 441 Å². The van der Waals surface area contributed by atoms with Gasteiger partial charge in [0.2, 0.25) is 0 Å². The molecule has 0 amide bonds. The van der Waals surface area contributed by atoms with Crippen molar-refractivity contribution in [1.82, 2.24) is 0 Å². The molecule has 0 heterocycles. The number of rotatable bonds is 59. The van der Waals surface area contributed by atoms with Gasteiger partial charge >= 0.3 is 5.97 Å². The third-order valence-electron chi connectivity index (χ3n) is 13.1. The van der Waals surface area contributed by atoms with Crippen LogP contribution in [0.4, 0.5) is 0 Å². The van der Waals surface area contributed by atoms with Crippen LogP contribution in [0.1, 0.15) is 262 Å². The van der Waals surface area contributed by atoms with E-state index in [-0.39, 0.29) is 6.61 Å². The summed E-state index contributed by atoms with van der Waals surface area (Å²) in [6.45, 7) is 8.39. The van der Waals surface area contributed by atoms with E-state index in [0.717, 1.165) is 109 Å². The van der Waals surface area contributed by atoms with Crippen LogP contribution in [0, 0.1) is 0 Å². The van der Waals surface area contributed by atoms with Gasteiger partial charge in [-0.1, -0.05) is 205 Å². The molecule has 0 bridgehead atoms. The van der Waals surface area contributed by atoms with Crippen molar-refractivity contribution in [3.63, 3.8) is 0 Å². The molecular formula is C59H108O10S2. The second-order valence-corrected chi connectivity index (χ2v) is 22.3. The van der Waals surface area contributed by atoms with E-state index in [1.807, 2.05) is 24.3 Å². The number of ether oxygens (including phenoxy) is 5. The van der Waals surface area contributed by atoms with Crippen molar-refractivity contribution in [2.24, 2.45) is 0 Å². The fourth-order valence-corrected chi connectivity index (χ4v) is 9.28. The number of unbranched alkanes of at least 4 members (excludes halogenated alkanes) is 35. The van der Waals surface area contributed by atoms with Crippen LogP contribution in [0.15, 0.2) is 30.3 Å². The smallest absolute Gasteiger partial charge is 0.328 e. The molecule has 1 unspecified atom stereocenters. The first-order valence-corrected chi connectivity index (χ1v) is 31.8. The van der Waals surface area contributed by atoms with Gasteiger partial charge in [0, 0.05) is 70.1 Å². The van der Waals surface area contributed by atoms with Crippen LogP contribution < -0.4 is 4.74 Å². The lowest BCUT2D eigenvalue weighted by Crippen LogP contribution is -2.03. The molecule has 0 saturated carbocycles. The van der Waals surface area contributed by atoms with Gasteiger partial charge in [0.05, 0.1) is 13.2 Å². The van der Waals surface area contributed by atoms with E-state index in [0.29, 0.717) is 0 Å². The molecule has 0 aliphatic rings. The van der Waals surface area contributed by atoms with Crippen LogP contribution in [0.3, 0.4) is 0 Å². The Morgan fingerprint density at radius 3 is 0.845 bits per heavy atom. The van der Waals surface area contributed by atoms with E-state index in [4.69, 9.17) is 37.5 Å². The maximum Gasteiger partial charge on any atom is 0.328 e. The predicted octanol–water partition coefficient (Wildman–Crippen LogP) is 17.0. The van der Waals surface area contributed by atoms with Crippen LogP contribution in [-0.2, 0) is 48.2 Å². The van der Waals surface area contributed by atoms with E-state index in [2.05, 4.69) is 11.2 Å². The largest absolute Gasteiger partial charge is 0.494 e. The number of carboxylic acids is 1. The van der Waals surface area contributed by atoms with Gasteiger partial charge in [0.15, 0.2) is 0 Å². The Morgan fingerprint density at radius 2 is 0.606 bits per heavy atom. The van der Waals surface area contributed by atoms with Crippen LogP contribution in [0.2, 0.25) is 0 Å². The summed E-state index contributed by atoms with van der Waals surface area (Å²) in [4.78, 5) is 10.6. The maximum atomic E-state index is 10.9. The van der Waals surface area contributed by atoms with E-state index in [1.54, 1.807) is 6.08 Å². The van der Waals surface area contributed by atoms with Crippen molar-refractivity contribution in [2.45, 2.75) is 257 Å². The summed E-state index contributed by atoms with van der Waals surface area (Å²) < 4.78 is 53.8. The molecule has 10 nitrogen and oxygen atoms in total. The predicted molar refractivity (Wildman–Crippen MR) is 301 cm³/mol. The second kappa shape index (κ2) is 54.6. The summed E-state index contributed by atoms with van der Waals surface area (Å²) in [6.07, 6.45) is 52.9. The highest BCUT2D eigenvalue weighted by Gasteiger charge is 2.02. The molecule has 0 aliphatic carbocycles. The van der Waals surface area contributed by atoms with Crippen molar-refractivity contribution in [2.75, 3.05) is 66.1 Å². The monoisotopic (exact) mass is 1040 g/mol. The van der Waals surface area contributed by atoms with E-state index in [9.17, 15) is 9.00 Å². The van der Waals surface area contributed by atoms with Crippen LogP contribution >= 0.6 is 0 Å². The van der Waals surface area contributed by atoms with Gasteiger partial charge in [-0.2, -0.15) is 4.21 Å². The fraction of sp³-hybridized carbons (Fsp3) is 0.847. The highest BCUT2D eigenvalue weighted by molar-refractivity contribution is 8.27. The van der Waals surface area contributed by atoms with Gasteiger partial charge < -0.3 is 28.8 Å². The van der Waals surface area contributed by atoms with E-state index < -0.39 is 15.0 Å². The Kier molecular flexibility index (Phi) is 51.8. The topological polar surface area (TPSA) is 130 Å². The lowest BCUT2D eigenvalue weighted by atomic mass is 10.1. The molecule has 1 aromatic rings. The van der Waals surface area contributed by atoms with Crippen molar-refractivity contribution in [3.8, 4) is 5.75 Å². The molecule has 0 spiro atoms. The third kappa shape index (κ3) is 55.9. The van der Waals surface area contributed by atoms with Crippen molar-refractivity contribution < 1.29 is 46.5 Å². The minimum Gasteiger partial charge on any atom is -0.494 e. The highest BCUT2D eigenvalue weighted by atomic mass is 32.9. The van der Waals surface area contributed by atoms with Gasteiger partial charge in [-0.25, -0.2) is 4.79 Å². The van der Waals surface area contributed by atoms with E-state index in [1.165, 1.54) is 225 Å². The van der Waals surface area contributed by atoms with Crippen LogP contribution in [-0.4, -0.2) is 85.9 Å². The summed E-state index contributed by atoms with van der Waals surface area (Å²) in [5.41, 5.74) is 0.857. The minimum absolute atomic E-state index is 0.277. The third-order valence-corrected chi connectivity index (χ3v) is 13.9. The molecule has 1 rings (SSSR count). The van der Waals surface area contributed by atoms with Gasteiger partial charge in [0.25, 0.3) is 9.05 Å². The fourth-order valence-electron chi connectivity index (χ4n) is 8.75. The molecule has 12 heteroatoms. The summed E-state index contributed by atoms with van der Waals surface area (Å²) in [5.74, 6) is -0.105. The molecule has 1 aromatic carbocycles. The van der Waals surface area contributed by atoms with Crippen molar-refractivity contribution >= 4 is 32.3 Å². The molecule has 2 N–H and O–H groups in total. The van der Waals surface area contributed by atoms with Gasteiger partial charge in [-0.05, 0) is 88.0 Å². The molecule has 71 heavy (non-hydrogen) atoms. The first-order valence-electron chi connectivity index (χ1n) is 29.4. The molecule has 0 aromatic heterocycles. The van der Waals surface area contributed by atoms with Gasteiger partial charge in [-0.3, -0.25) is 8.74 Å². The average Bonchev–Trinajstić information content (AvgIpc) is 3.35. The molecule has 0 radical (unpaired) electrons. The molecule has 416 valence electrons. The Morgan fingerprint density at radius 1 is 0.380 bits per heavy atom. The first-order chi connectivity index (χ1) is 34.9. The van der Waals surface area contributed by atoms with E-state index >= 15 is 0 Å². The standard InChI is InChI=1S/C59H108O10S2/c60-59(61)46-43-57-41-44-58(45-42-57)68-55-39-29-19-9-7-17-27-37-53-66-51-35-25-15-5-3-13-23-33-49-64-47-31-21-11-1-2-12-22-32-48-65-50-34-24-14-4-6-16-26-36-52-67-54-38-28-18-8-10-20-30-40-56-69-71(62,63)70/h41-46H,1-40,47-56H2,(H,60,61)(H,62,63,70)/b46-43+. The Balaban J connectivity index is 1.62. The zero-order valence-corrected chi connectivity index (χ0v) is 46.9. The van der Waals surface area contributed by atoms with Gasteiger partial charge in [0.1, 0.15) is 5.75 Å². The first kappa shape index (κ1) is 67.4. The number of carboxylic acid groups (broad SMARTS) is 1. The number of carbonyl (C=O) groups is 1. The zero-order valence-electron chi connectivity index (χ0n) is 45.3. The number of benzene rings is 1. The minimum atomic E-state index is -3.45. The lowest BCUT2D eigenvalue weighted by molar-refractivity contribution is -0.131.